The fourth-order valence-corrected chi connectivity index (χ4v) is 3.04. The van der Waals surface area contributed by atoms with E-state index >= 15 is 0 Å². The summed E-state index contributed by atoms with van der Waals surface area (Å²) in [5, 5.41) is 7.03. The molecular weight excluding hydrogens is 394 g/mol. The lowest BCUT2D eigenvalue weighted by molar-refractivity contribution is 0.0954. The van der Waals surface area contributed by atoms with Crippen LogP contribution in [0.5, 0.6) is 0 Å². The highest BCUT2D eigenvalue weighted by Gasteiger charge is 2.10. The summed E-state index contributed by atoms with van der Waals surface area (Å²) >= 11 is 3.34. The first-order valence-corrected chi connectivity index (χ1v) is 9.44. The van der Waals surface area contributed by atoms with Crippen LogP contribution in [0.25, 0.3) is 0 Å². The summed E-state index contributed by atoms with van der Waals surface area (Å²) in [6.45, 7) is 0. The van der Waals surface area contributed by atoms with Crippen molar-refractivity contribution in [2.24, 2.45) is 5.10 Å². The molecule has 1 aliphatic carbocycles. The van der Waals surface area contributed by atoms with Gasteiger partial charge >= 0.3 is 0 Å². The zero-order chi connectivity index (χ0) is 18.4. The van der Waals surface area contributed by atoms with Crippen LogP contribution in [0.15, 0.2) is 58.1 Å². The predicted molar refractivity (Wildman–Crippen MR) is 107 cm³/mol. The molecule has 0 aromatic heterocycles. The highest BCUT2D eigenvalue weighted by Crippen LogP contribution is 2.15. The fraction of sp³-hybridized carbons (Fsp3) is 0.250. The molecule has 0 heterocycles. The molecule has 1 saturated carbocycles. The van der Waals surface area contributed by atoms with Crippen LogP contribution in [0.2, 0.25) is 0 Å². The summed E-state index contributed by atoms with van der Waals surface area (Å²) in [4.78, 5) is 24.4. The predicted octanol–water partition coefficient (Wildman–Crippen LogP) is 4.75. The number of nitrogens with one attached hydrogen (secondary N) is 2. The monoisotopic (exact) mass is 413 g/mol. The van der Waals surface area contributed by atoms with Gasteiger partial charge in [0.15, 0.2) is 0 Å². The summed E-state index contributed by atoms with van der Waals surface area (Å²) < 4.78 is 0.918. The maximum atomic E-state index is 12.2. The Morgan fingerprint density at radius 2 is 1.38 bits per heavy atom. The summed E-state index contributed by atoms with van der Waals surface area (Å²) in [6, 6.07) is 13.9. The van der Waals surface area contributed by atoms with Gasteiger partial charge in [-0.2, -0.15) is 5.10 Å². The summed E-state index contributed by atoms with van der Waals surface area (Å²) in [7, 11) is 0. The largest absolute Gasteiger partial charge is 0.322 e. The number of benzene rings is 2. The van der Waals surface area contributed by atoms with Gasteiger partial charge in [0.05, 0.1) is 0 Å². The minimum atomic E-state index is -0.242. The number of carbonyl (C=O) groups excluding carboxylic acids is 2. The van der Waals surface area contributed by atoms with E-state index in [0.29, 0.717) is 16.8 Å². The third kappa shape index (κ3) is 5.02. The summed E-state index contributed by atoms with van der Waals surface area (Å²) in [5.41, 5.74) is 5.38. The second-order valence-electron chi connectivity index (χ2n) is 6.22. The third-order valence-corrected chi connectivity index (χ3v) is 4.79. The third-order valence-electron chi connectivity index (χ3n) is 4.26. The normalized spacial score (nSPS) is 13.8. The number of carbonyl (C=O) groups is 2. The molecular formula is C20H20BrN3O2. The van der Waals surface area contributed by atoms with Crippen molar-refractivity contribution in [1.82, 2.24) is 5.43 Å². The molecule has 0 radical (unpaired) electrons. The molecule has 0 bridgehead atoms. The number of nitrogens with zero attached hydrogens (tertiary/aromatic N) is 1. The molecule has 2 aromatic rings. The molecule has 5 nitrogen and oxygen atoms in total. The van der Waals surface area contributed by atoms with Gasteiger partial charge in [-0.15, -0.1) is 0 Å². The average molecular weight is 414 g/mol. The van der Waals surface area contributed by atoms with Crippen molar-refractivity contribution < 1.29 is 9.59 Å². The van der Waals surface area contributed by atoms with E-state index in [1.165, 1.54) is 6.42 Å². The zero-order valence-electron chi connectivity index (χ0n) is 14.3. The lowest BCUT2D eigenvalue weighted by Gasteiger charge is -2.12. The van der Waals surface area contributed by atoms with E-state index in [-0.39, 0.29) is 11.8 Å². The van der Waals surface area contributed by atoms with Gasteiger partial charge in [-0.25, -0.2) is 5.43 Å². The molecule has 0 unspecified atom stereocenters. The molecule has 0 atom stereocenters. The van der Waals surface area contributed by atoms with Crippen molar-refractivity contribution in [2.45, 2.75) is 32.1 Å². The van der Waals surface area contributed by atoms with Crippen molar-refractivity contribution in [2.75, 3.05) is 5.32 Å². The van der Waals surface area contributed by atoms with Crippen LogP contribution in [0.1, 0.15) is 52.8 Å². The van der Waals surface area contributed by atoms with Crippen molar-refractivity contribution in [3.8, 4) is 0 Å². The van der Waals surface area contributed by atoms with Crippen LogP contribution in [0.3, 0.4) is 0 Å². The summed E-state index contributed by atoms with van der Waals surface area (Å²) in [6.07, 6.45) is 5.44. The highest BCUT2D eigenvalue weighted by atomic mass is 79.9. The first kappa shape index (κ1) is 18.3. The number of hydrogen-bond donors (Lipinski definition) is 2. The van der Waals surface area contributed by atoms with Crippen LogP contribution in [-0.4, -0.2) is 17.5 Å². The molecule has 134 valence electrons. The van der Waals surface area contributed by atoms with Gasteiger partial charge in [0.2, 0.25) is 0 Å². The highest BCUT2D eigenvalue weighted by molar-refractivity contribution is 9.10. The van der Waals surface area contributed by atoms with E-state index in [2.05, 4.69) is 31.8 Å². The van der Waals surface area contributed by atoms with E-state index in [0.717, 1.165) is 35.9 Å². The average Bonchev–Trinajstić information content (AvgIpc) is 2.68. The number of hydrogen-bond acceptors (Lipinski definition) is 3. The van der Waals surface area contributed by atoms with E-state index in [1.807, 2.05) is 12.1 Å². The molecule has 0 saturated heterocycles. The van der Waals surface area contributed by atoms with Gasteiger partial charge < -0.3 is 5.32 Å². The number of halogens is 1. The molecule has 26 heavy (non-hydrogen) atoms. The zero-order valence-corrected chi connectivity index (χ0v) is 15.9. The molecule has 2 aromatic carbocycles. The summed E-state index contributed by atoms with van der Waals surface area (Å²) in [5.74, 6) is -0.438. The number of amides is 2. The first-order chi connectivity index (χ1) is 12.6. The van der Waals surface area contributed by atoms with Crippen molar-refractivity contribution in [1.29, 1.82) is 0 Å². The maximum Gasteiger partial charge on any atom is 0.271 e. The Hall–Kier alpha value is -2.47. The molecule has 1 fully saturated rings. The van der Waals surface area contributed by atoms with E-state index in [4.69, 9.17) is 0 Å². The van der Waals surface area contributed by atoms with Gasteiger partial charge in [0.25, 0.3) is 11.8 Å². The molecule has 0 spiro atoms. The van der Waals surface area contributed by atoms with E-state index in [9.17, 15) is 9.59 Å². The van der Waals surface area contributed by atoms with Gasteiger partial charge in [0, 0.05) is 27.0 Å². The topological polar surface area (TPSA) is 70.6 Å². The van der Waals surface area contributed by atoms with Gasteiger partial charge in [0.1, 0.15) is 0 Å². The van der Waals surface area contributed by atoms with Crippen molar-refractivity contribution in [3.63, 3.8) is 0 Å². The van der Waals surface area contributed by atoms with Gasteiger partial charge in [-0.05, 0) is 74.2 Å². The molecule has 2 amide bonds. The molecule has 6 heteroatoms. The SMILES string of the molecule is O=C(NN=C1CCCCC1)c1ccc(NC(=O)c2ccc(Br)cc2)cc1. The Bertz CT molecular complexity index is 806. The minimum absolute atomic E-state index is 0.196. The Kier molecular flexibility index (Phi) is 6.17. The quantitative estimate of drug-likeness (QED) is 0.709. The van der Waals surface area contributed by atoms with Crippen molar-refractivity contribution in [3.05, 3.63) is 64.1 Å². The number of hydrazone groups is 1. The Balaban J connectivity index is 1.58. The minimum Gasteiger partial charge on any atom is -0.322 e. The lowest BCUT2D eigenvalue weighted by Crippen LogP contribution is -2.20. The Morgan fingerprint density at radius 3 is 2.04 bits per heavy atom. The first-order valence-electron chi connectivity index (χ1n) is 8.64. The Morgan fingerprint density at radius 1 is 0.808 bits per heavy atom. The van der Waals surface area contributed by atoms with Crippen molar-refractivity contribution >= 4 is 39.1 Å². The fourth-order valence-electron chi connectivity index (χ4n) is 2.78. The number of anilines is 1. The van der Waals surface area contributed by atoms with Crippen LogP contribution < -0.4 is 10.7 Å². The van der Waals surface area contributed by atoms with Crippen LogP contribution in [0, 0.1) is 0 Å². The smallest absolute Gasteiger partial charge is 0.271 e. The lowest BCUT2D eigenvalue weighted by atomic mass is 9.99. The van der Waals surface area contributed by atoms with Gasteiger partial charge in [-0.3, -0.25) is 9.59 Å². The van der Waals surface area contributed by atoms with E-state index in [1.54, 1.807) is 36.4 Å². The second kappa shape index (κ2) is 8.76. The van der Waals surface area contributed by atoms with Crippen LogP contribution in [0.4, 0.5) is 5.69 Å². The van der Waals surface area contributed by atoms with Gasteiger partial charge in [-0.1, -0.05) is 22.4 Å². The van der Waals surface area contributed by atoms with Crippen LogP contribution >= 0.6 is 15.9 Å². The second-order valence-corrected chi connectivity index (χ2v) is 7.13. The molecule has 3 rings (SSSR count). The van der Waals surface area contributed by atoms with E-state index < -0.39 is 0 Å². The molecule has 1 aliphatic rings. The maximum absolute atomic E-state index is 12.2. The Labute approximate surface area is 161 Å². The molecule has 2 N–H and O–H groups in total. The molecule has 0 aliphatic heterocycles. The van der Waals surface area contributed by atoms with Crippen LogP contribution in [-0.2, 0) is 0 Å². The standard InChI is InChI=1S/C20H20BrN3O2/c21-16-10-6-14(7-11-16)19(25)22-17-12-8-15(9-13-17)20(26)24-23-18-4-2-1-3-5-18/h6-13H,1-5H2,(H,22,25)(H,24,26). The number of rotatable bonds is 4.